The zero-order valence-corrected chi connectivity index (χ0v) is 13.4. The largest absolute Gasteiger partial charge is 0.378 e. The van der Waals surface area contributed by atoms with Crippen LogP contribution in [0.1, 0.15) is 56.6 Å². The topological polar surface area (TPSA) is 21.3 Å². The number of likely N-dealkylation sites (N-methyl/N-ethyl adjacent to an activating group) is 1. The third-order valence-electron chi connectivity index (χ3n) is 4.85. The molecule has 1 aromatic carbocycles. The first-order chi connectivity index (χ1) is 9.58. The van der Waals surface area contributed by atoms with Gasteiger partial charge < -0.3 is 10.1 Å². The van der Waals surface area contributed by atoms with Crippen LogP contribution in [0.15, 0.2) is 24.3 Å². The number of ether oxygens (including phenoxy) is 1. The summed E-state index contributed by atoms with van der Waals surface area (Å²) in [4.78, 5) is 0. The molecule has 2 rings (SSSR count). The highest BCUT2D eigenvalue weighted by Crippen LogP contribution is 2.39. The second-order valence-electron chi connectivity index (χ2n) is 6.53. The number of methoxy groups -OCH3 is 1. The van der Waals surface area contributed by atoms with E-state index < -0.39 is 0 Å². The lowest BCUT2D eigenvalue weighted by Crippen LogP contribution is -2.45. The Bertz CT molecular complexity index is 400. The first kappa shape index (κ1) is 15.5. The Morgan fingerprint density at radius 3 is 2.25 bits per heavy atom. The molecule has 0 heterocycles. The Morgan fingerprint density at radius 1 is 1.20 bits per heavy atom. The number of nitrogens with one attached hydrogen (secondary N) is 1. The van der Waals surface area contributed by atoms with E-state index in [1.807, 2.05) is 7.11 Å². The van der Waals surface area contributed by atoms with Crippen LogP contribution >= 0.6 is 0 Å². The average Bonchev–Trinajstić information content (AvgIpc) is 2.42. The summed E-state index contributed by atoms with van der Waals surface area (Å²) in [6.07, 6.45) is 5.95. The predicted molar refractivity (Wildman–Crippen MR) is 85.3 cm³/mol. The van der Waals surface area contributed by atoms with E-state index >= 15 is 0 Å². The third kappa shape index (κ3) is 3.62. The van der Waals surface area contributed by atoms with E-state index in [9.17, 15) is 0 Å². The maximum absolute atomic E-state index is 5.75. The molecule has 0 radical (unpaired) electrons. The summed E-state index contributed by atoms with van der Waals surface area (Å²) >= 11 is 0. The molecule has 0 aromatic heterocycles. The molecule has 1 aromatic rings. The Balaban J connectivity index is 1.95. The fourth-order valence-electron chi connectivity index (χ4n) is 3.11. The van der Waals surface area contributed by atoms with Crippen LogP contribution in [0.5, 0.6) is 0 Å². The molecule has 2 heteroatoms. The SMILES string of the molecule is CNC(Cc1ccc(C(C)C)cc1)CC1(OC)CCC1. The van der Waals surface area contributed by atoms with E-state index in [2.05, 4.69) is 50.5 Å². The molecule has 0 amide bonds. The quantitative estimate of drug-likeness (QED) is 0.815. The lowest BCUT2D eigenvalue weighted by atomic mass is 9.75. The summed E-state index contributed by atoms with van der Waals surface area (Å²) in [5.74, 6) is 0.607. The second kappa shape index (κ2) is 6.73. The van der Waals surface area contributed by atoms with Crippen molar-refractivity contribution < 1.29 is 4.74 Å². The highest BCUT2D eigenvalue weighted by molar-refractivity contribution is 5.25. The van der Waals surface area contributed by atoms with Gasteiger partial charge in [-0.05, 0) is 56.2 Å². The van der Waals surface area contributed by atoms with Crippen LogP contribution < -0.4 is 5.32 Å². The zero-order valence-electron chi connectivity index (χ0n) is 13.4. The molecular formula is C18H29NO. The van der Waals surface area contributed by atoms with Crippen molar-refractivity contribution in [2.45, 2.75) is 63.5 Å². The average molecular weight is 275 g/mol. The van der Waals surface area contributed by atoms with Crippen LogP contribution in [0.3, 0.4) is 0 Å². The molecule has 0 bridgehead atoms. The lowest BCUT2D eigenvalue weighted by molar-refractivity contribution is -0.0830. The molecule has 1 fully saturated rings. The van der Waals surface area contributed by atoms with Crippen molar-refractivity contribution in [2.24, 2.45) is 0 Å². The highest BCUT2D eigenvalue weighted by atomic mass is 16.5. The van der Waals surface area contributed by atoms with Crippen molar-refractivity contribution in [3.8, 4) is 0 Å². The molecule has 0 aliphatic heterocycles. The summed E-state index contributed by atoms with van der Waals surface area (Å²) in [5.41, 5.74) is 2.98. The molecule has 0 spiro atoms. The van der Waals surface area contributed by atoms with Gasteiger partial charge in [-0.2, -0.15) is 0 Å². The van der Waals surface area contributed by atoms with Crippen LogP contribution in [0, 0.1) is 0 Å². The van der Waals surface area contributed by atoms with E-state index in [4.69, 9.17) is 4.74 Å². The van der Waals surface area contributed by atoms with Crippen LogP contribution in [0.4, 0.5) is 0 Å². The van der Waals surface area contributed by atoms with E-state index in [0.29, 0.717) is 12.0 Å². The van der Waals surface area contributed by atoms with Gasteiger partial charge in [0.05, 0.1) is 5.60 Å². The van der Waals surface area contributed by atoms with Gasteiger partial charge in [-0.3, -0.25) is 0 Å². The standard InChI is InChI=1S/C18H29NO/c1-14(2)16-8-6-15(7-9-16)12-17(19-3)13-18(20-4)10-5-11-18/h6-9,14,17,19H,5,10-13H2,1-4H3. The van der Waals surface area contributed by atoms with Gasteiger partial charge in [-0.15, -0.1) is 0 Å². The first-order valence-corrected chi connectivity index (χ1v) is 7.90. The molecule has 1 aliphatic carbocycles. The molecular weight excluding hydrogens is 246 g/mol. The molecule has 1 aliphatic rings. The van der Waals surface area contributed by atoms with Crippen molar-refractivity contribution in [2.75, 3.05) is 14.2 Å². The Labute approximate surface area is 123 Å². The van der Waals surface area contributed by atoms with Crippen molar-refractivity contribution in [1.82, 2.24) is 5.32 Å². The van der Waals surface area contributed by atoms with Gasteiger partial charge in [-0.1, -0.05) is 38.1 Å². The van der Waals surface area contributed by atoms with Crippen LogP contribution in [-0.2, 0) is 11.2 Å². The van der Waals surface area contributed by atoms with Gasteiger partial charge in [0.15, 0.2) is 0 Å². The summed E-state index contributed by atoms with van der Waals surface area (Å²) in [6, 6.07) is 9.59. The molecule has 0 saturated heterocycles. The minimum absolute atomic E-state index is 0.144. The summed E-state index contributed by atoms with van der Waals surface area (Å²) in [7, 11) is 3.93. The number of rotatable bonds is 7. The van der Waals surface area contributed by atoms with Gasteiger partial charge in [0.1, 0.15) is 0 Å². The van der Waals surface area contributed by atoms with E-state index in [-0.39, 0.29) is 5.60 Å². The van der Waals surface area contributed by atoms with Crippen LogP contribution in [0.2, 0.25) is 0 Å². The summed E-state index contributed by atoms with van der Waals surface area (Å²) in [6.45, 7) is 4.48. The Hall–Kier alpha value is -0.860. The number of hydrogen-bond acceptors (Lipinski definition) is 2. The van der Waals surface area contributed by atoms with E-state index in [1.54, 1.807) is 0 Å². The Kier molecular flexibility index (Phi) is 5.22. The highest BCUT2D eigenvalue weighted by Gasteiger charge is 2.38. The van der Waals surface area contributed by atoms with Gasteiger partial charge in [0.25, 0.3) is 0 Å². The van der Waals surface area contributed by atoms with Crippen LogP contribution in [-0.4, -0.2) is 25.8 Å². The van der Waals surface area contributed by atoms with Crippen molar-refractivity contribution in [1.29, 1.82) is 0 Å². The van der Waals surface area contributed by atoms with Gasteiger partial charge >= 0.3 is 0 Å². The zero-order chi connectivity index (χ0) is 14.6. The minimum atomic E-state index is 0.144. The maximum atomic E-state index is 5.75. The smallest absolute Gasteiger partial charge is 0.0693 e. The normalized spacial score (nSPS) is 18.9. The number of benzene rings is 1. The third-order valence-corrected chi connectivity index (χ3v) is 4.85. The monoisotopic (exact) mass is 275 g/mol. The second-order valence-corrected chi connectivity index (χ2v) is 6.53. The van der Waals surface area contributed by atoms with Crippen molar-refractivity contribution >= 4 is 0 Å². The van der Waals surface area contributed by atoms with Gasteiger partial charge in [-0.25, -0.2) is 0 Å². The maximum Gasteiger partial charge on any atom is 0.0693 e. The molecule has 1 N–H and O–H groups in total. The molecule has 1 unspecified atom stereocenters. The molecule has 1 saturated carbocycles. The molecule has 1 atom stereocenters. The van der Waals surface area contributed by atoms with Gasteiger partial charge in [0.2, 0.25) is 0 Å². The fourth-order valence-corrected chi connectivity index (χ4v) is 3.11. The first-order valence-electron chi connectivity index (χ1n) is 7.90. The van der Waals surface area contributed by atoms with E-state index in [1.165, 1.54) is 30.4 Å². The predicted octanol–water partition coefficient (Wildman–Crippen LogP) is 3.90. The van der Waals surface area contributed by atoms with Crippen molar-refractivity contribution in [3.05, 3.63) is 35.4 Å². The summed E-state index contributed by atoms with van der Waals surface area (Å²) < 4.78 is 5.75. The number of hydrogen-bond donors (Lipinski definition) is 1. The summed E-state index contributed by atoms with van der Waals surface area (Å²) in [5, 5.41) is 3.47. The molecule has 2 nitrogen and oxygen atoms in total. The fraction of sp³-hybridized carbons (Fsp3) is 0.667. The van der Waals surface area contributed by atoms with Crippen LogP contribution in [0.25, 0.3) is 0 Å². The molecule has 112 valence electrons. The van der Waals surface area contributed by atoms with E-state index in [0.717, 1.165) is 12.8 Å². The van der Waals surface area contributed by atoms with Crippen molar-refractivity contribution in [3.63, 3.8) is 0 Å². The van der Waals surface area contributed by atoms with Gasteiger partial charge in [0, 0.05) is 13.2 Å². The Morgan fingerprint density at radius 2 is 1.85 bits per heavy atom. The molecule has 20 heavy (non-hydrogen) atoms. The lowest BCUT2D eigenvalue weighted by Gasteiger charge is -2.42. The minimum Gasteiger partial charge on any atom is -0.378 e.